The van der Waals surface area contributed by atoms with Gasteiger partial charge >= 0.3 is 0 Å². The quantitative estimate of drug-likeness (QED) is 0.703. The van der Waals surface area contributed by atoms with Gasteiger partial charge in [0.05, 0.1) is 5.01 Å². The zero-order chi connectivity index (χ0) is 8.81. The van der Waals surface area contributed by atoms with Gasteiger partial charge in [0.25, 0.3) is 0 Å². The van der Waals surface area contributed by atoms with Gasteiger partial charge in [0.2, 0.25) is 0 Å². The summed E-state index contributed by atoms with van der Waals surface area (Å²) in [6.07, 6.45) is 5.78. The van der Waals surface area contributed by atoms with Crippen LogP contribution >= 0.6 is 11.3 Å². The fourth-order valence-electron chi connectivity index (χ4n) is 1.07. The summed E-state index contributed by atoms with van der Waals surface area (Å²) in [5.74, 6) is 0. The molecule has 0 saturated carbocycles. The summed E-state index contributed by atoms with van der Waals surface area (Å²) in [6, 6.07) is 0.480. The first kappa shape index (κ1) is 9.42. The van der Waals surface area contributed by atoms with Crippen molar-refractivity contribution in [2.45, 2.75) is 18.9 Å². The molecule has 1 unspecified atom stereocenters. The summed E-state index contributed by atoms with van der Waals surface area (Å²) < 4.78 is 0. The average Bonchev–Trinajstić information content (AvgIpc) is 2.56. The largest absolute Gasteiger partial charge is 0.316 e. The molecule has 1 heterocycles. The molecule has 66 valence electrons. The molecular formula is C9H14N2S. The Morgan fingerprint density at radius 3 is 3.17 bits per heavy atom. The van der Waals surface area contributed by atoms with Crippen LogP contribution in [0.2, 0.25) is 0 Å². The Bertz CT molecular complexity index is 218. The Balaban J connectivity index is 2.42. The van der Waals surface area contributed by atoms with Crippen molar-refractivity contribution in [2.24, 2.45) is 0 Å². The van der Waals surface area contributed by atoms with E-state index >= 15 is 0 Å². The average molecular weight is 182 g/mol. The van der Waals surface area contributed by atoms with E-state index in [9.17, 15) is 0 Å². The van der Waals surface area contributed by atoms with Crippen LogP contribution in [-0.4, -0.2) is 18.1 Å². The molecule has 0 spiro atoms. The van der Waals surface area contributed by atoms with Crippen molar-refractivity contribution in [3.8, 4) is 0 Å². The first-order valence-electron chi connectivity index (χ1n) is 4.03. The van der Waals surface area contributed by atoms with Crippen LogP contribution in [0.25, 0.3) is 0 Å². The second-order valence-corrected chi connectivity index (χ2v) is 3.62. The zero-order valence-corrected chi connectivity index (χ0v) is 8.10. The molecule has 0 aromatic carbocycles. The number of rotatable bonds is 5. The van der Waals surface area contributed by atoms with Crippen LogP contribution in [0.3, 0.4) is 0 Å². The first-order chi connectivity index (χ1) is 5.86. The molecular weight excluding hydrogens is 168 g/mol. The van der Waals surface area contributed by atoms with Gasteiger partial charge in [-0.1, -0.05) is 6.08 Å². The van der Waals surface area contributed by atoms with Gasteiger partial charge in [-0.3, -0.25) is 0 Å². The van der Waals surface area contributed by atoms with Crippen LogP contribution < -0.4 is 5.32 Å². The zero-order valence-electron chi connectivity index (χ0n) is 7.29. The van der Waals surface area contributed by atoms with Gasteiger partial charge < -0.3 is 5.32 Å². The number of nitrogens with zero attached hydrogens (tertiary/aromatic N) is 1. The Morgan fingerprint density at radius 1 is 1.83 bits per heavy atom. The van der Waals surface area contributed by atoms with E-state index in [1.165, 1.54) is 5.01 Å². The van der Waals surface area contributed by atoms with Gasteiger partial charge in [-0.2, -0.15) is 0 Å². The summed E-state index contributed by atoms with van der Waals surface area (Å²) in [5, 5.41) is 6.44. The van der Waals surface area contributed by atoms with Crippen molar-refractivity contribution in [2.75, 3.05) is 7.05 Å². The minimum atomic E-state index is 0.480. The van der Waals surface area contributed by atoms with Crippen molar-refractivity contribution in [1.29, 1.82) is 0 Å². The molecule has 1 aromatic heterocycles. The molecule has 0 aliphatic rings. The number of likely N-dealkylation sites (N-methyl/N-ethyl adjacent to an activating group) is 1. The summed E-state index contributed by atoms with van der Waals surface area (Å²) in [7, 11) is 1.97. The molecule has 1 aromatic rings. The lowest BCUT2D eigenvalue weighted by molar-refractivity contribution is 0.565. The van der Waals surface area contributed by atoms with Crippen LogP contribution in [0.5, 0.6) is 0 Å². The van der Waals surface area contributed by atoms with E-state index in [1.54, 1.807) is 11.3 Å². The van der Waals surface area contributed by atoms with Crippen LogP contribution in [0, 0.1) is 0 Å². The molecule has 0 amide bonds. The smallest absolute Gasteiger partial charge is 0.0940 e. The van der Waals surface area contributed by atoms with Gasteiger partial charge in [0.1, 0.15) is 0 Å². The lowest BCUT2D eigenvalue weighted by Crippen LogP contribution is -2.26. The van der Waals surface area contributed by atoms with Crippen LogP contribution in [0.4, 0.5) is 0 Å². The lowest BCUT2D eigenvalue weighted by Gasteiger charge is -2.11. The van der Waals surface area contributed by atoms with Crippen molar-refractivity contribution < 1.29 is 0 Å². The van der Waals surface area contributed by atoms with Gasteiger partial charge in [-0.15, -0.1) is 17.9 Å². The topological polar surface area (TPSA) is 24.9 Å². The minimum Gasteiger partial charge on any atom is -0.316 e. The highest BCUT2D eigenvalue weighted by Crippen LogP contribution is 2.08. The normalized spacial score (nSPS) is 12.8. The Kier molecular flexibility index (Phi) is 3.97. The molecule has 0 fully saturated rings. The summed E-state index contributed by atoms with van der Waals surface area (Å²) in [5.41, 5.74) is 0. The third kappa shape index (κ3) is 2.75. The van der Waals surface area contributed by atoms with Gasteiger partial charge in [-0.05, 0) is 13.5 Å². The molecule has 12 heavy (non-hydrogen) atoms. The third-order valence-electron chi connectivity index (χ3n) is 1.76. The van der Waals surface area contributed by atoms with E-state index in [0.717, 1.165) is 12.8 Å². The maximum Gasteiger partial charge on any atom is 0.0940 e. The monoisotopic (exact) mass is 182 g/mol. The Hall–Kier alpha value is -0.670. The summed E-state index contributed by atoms with van der Waals surface area (Å²) in [4.78, 5) is 4.23. The van der Waals surface area contributed by atoms with E-state index in [2.05, 4.69) is 16.9 Å². The van der Waals surface area contributed by atoms with E-state index < -0.39 is 0 Å². The fraction of sp³-hybridized carbons (Fsp3) is 0.444. The maximum atomic E-state index is 4.23. The standard InChI is InChI=1S/C9H14N2S/c1-3-4-8(10-2)7-9-11-5-6-12-9/h3,5-6,8,10H,1,4,7H2,2H3. The highest BCUT2D eigenvalue weighted by Gasteiger charge is 2.05. The molecule has 0 saturated heterocycles. The second kappa shape index (κ2) is 5.06. The Morgan fingerprint density at radius 2 is 2.67 bits per heavy atom. The van der Waals surface area contributed by atoms with Crippen molar-refractivity contribution in [3.63, 3.8) is 0 Å². The lowest BCUT2D eigenvalue weighted by atomic mass is 10.1. The SMILES string of the molecule is C=CCC(Cc1nccs1)NC. The third-order valence-corrected chi connectivity index (χ3v) is 2.57. The highest BCUT2D eigenvalue weighted by molar-refractivity contribution is 7.09. The van der Waals surface area contributed by atoms with E-state index in [4.69, 9.17) is 0 Å². The summed E-state index contributed by atoms with van der Waals surface area (Å²) in [6.45, 7) is 3.72. The fourth-order valence-corrected chi connectivity index (χ4v) is 1.77. The van der Waals surface area contributed by atoms with Gasteiger partial charge in [0, 0.05) is 24.0 Å². The van der Waals surface area contributed by atoms with Crippen LogP contribution in [-0.2, 0) is 6.42 Å². The Labute approximate surface area is 77.3 Å². The molecule has 0 bridgehead atoms. The molecule has 0 aliphatic heterocycles. The predicted octanol–water partition coefficient (Wildman–Crippen LogP) is 1.85. The number of hydrogen-bond acceptors (Lipinski definition) is 3. The number of nitrogens with one attached hydrogen (secondary N) is 1. The van der Waals surface area contributed by atoms with Crippen LogP contribution in [0.15, 0.2) is 24.2 Å². The van der Waals surface area contributed by atoms with Crippen molar-refractivity contribution in [3.05, 3.63) is 29.2 Å². The number of thiazole rings is 1. The number of aromatic nitrogens is 1. The van der Waals surface area contributed by atoms with Crippen molar-refractivity contribution >= 4 is 11.3 Å². The molecule has 2 nitrogen and oxygen atoms in total. The van der Waals surface area contributed by atoms with E-state index in [-0.39, 0.29) is 0 Å². The van der Waals surface area contributed by atoms with E-state index in [1.807, 2.05) is 24.7 Å². The van der Waals surface area contributed by atoms with Crippen molar-refractivity contribution in [1.82, 2.24) is 10.3 Å². The molecule has 1 rings (SSSR count). The molecule has 1 N–H and O–H groups in total. The van der Waals surface area contributed by atoms with E-state index in [0.29, 0.717) is 6.04 Å². The van der Waals surface area contributed by atoms with Gasteiger partial charge in [-0.25, -0.2) is 4.98 Å². The highest BCUT2D eigenvalue weighted by atomic mass is 32.1. The summed E-state index contributed by atoms with van der Waals surface area (Å²) >= 11 is 1.71. The molecule has 0 aliphatic carbocycles. The minimum absolute atomic E-state index is 0.480. The second-order valence-electron chi connectivity index (χ2n) is 2.64. The first-order valence-corrected chi connectivity index (χ1v) is 4.91. The predicted molar refractivity (Wildman–Crippen MR) is 53.5 cm³/mol. The molecule has 3 heteroatoms. The maximum absolute atomic E-state index is 4.23. The number of hydrogen-bond donors (Lipinski definition) is 1. The van der Waals surface area contributed by atoms with Crippen LogP contribution in [0.1, 0.15) is 11.4 Å². The molecule has 0 radical (unpaired) electrons. The molecule has 1 atom stereocenters. The van der Waals surface area contributed by atoms with Gasteiger partial charge in [0.15, 0.2) is 0 Å².